The van der Waals surface area contributed by atoms with Gasteiger partial charge in [0.25, 0.3) is 5.91 Å². The summed E-state index contributed by atoms with van der Waals surface area (Å²) < 4.78 is 0. The molecule has 2 rings (SSSR count). The Kier molecular flexibility index (Phi) is 6.45. The van der Waals surface area contributed by atoms with Crippen molar-refractivity contribution >= 4 is 17.7 Å². The molecule has 2 aromatic rings. The van der Waals surface area contributed by atoms with E-state index in [0.717, 1.165) is 16.2 Å². The monoisotopic (exact) mass is 338 g/mol. The Labute approximate surface area is 148 Å². The van der Waals surface area contributed by atoms with Crippen LogP contribution in [0, 0.1) is 17.2 Å². The summed E-state index contributed by atoms with van der Waals surface area (Å²) in [5, 5.41) is 11.9. The average Bonchev–Trinajstić information content (AvgIpc) is 2.60. The molecule has 1 N–H and O–H groups in total. The number of carbonyl (C=O) groups is 1. The van der Waals surface area contributed by atoms with Crippen LogP contribution in [0.2, 0.25) is 0 Å². The van der Waals surface area contributed by atoms with Crippen LogP contribution in [0.3, 0.4) is 0 Å². The molecule has 4 heteroatoms. The van der Waals surface area contributed by atoms with Gasteiger partial charge in [0.2, 0.25) is 0 Å². The second-order valence-corrected chi connectivity index (χ2v) is 7.12. The lowest BCUT2D eigenvalue weighted by atomic mass is 10.1. The van der Waals surface area contributed by atoms with E-state index in [1.807, 2.05) is 55.5 Å². The van der Waals surface area contributed by atoms with Crippen molar-refractivity contribution in [2.75, 3.05) is 0 Å². The number of nitriles is 1. The minimum absolute atomic E-state index is 0.0286. The molecular weight excluding hydrogens is 316 g/mol. The quantitative estimate of drug-likeness (QED) is 0.782. The number of hydrogen-bond acceptors (Lipinski definition) is 3. The third-order valence-corrected chi connectivity index (χ3v) is 5.11. The predicted molar refractivity (Wildman–Crippen MR) is 98.9 cm³/mol. The van der Waals surface area contributed by atoms with Crippen LogP contribution in [0.25, 0.3) is 0 Å². The average molecular weight is 338 g/mol. The Hall–Kier alpha value is -2.25. The molecule has 0 saturated carbocycles. The van der Waals surface area contributed by atoms with E-state index >= 15 is 0 Å². The number of benzene rings is 2. The highest BCUT2D eigenvalue weighted by Gasteiger charge is 2.15. The van der Waals surface area contributed by atoms with E-state index in [1.165, 1.54) is 0 Å². The van der Waals surface area contributed by atoms with Gasteiger partial charge in [0, 0.05) is 16.7 Å². The molecule has 0 aliphatic rings. The highest BCUT2D eigenvalue weighted by atomic mass is 32.2. The molecule has 0 bridgehead atoms. The third kappa shape index (κ3) is 4.87. The second-order valence-electron chi connectivity index (χ2n) is 6.10. The standard InChI is InChI=1S/C20H22N2OS/c1-14(2)15(3)22-20(23)18-6-4-5-7-19(18)24-13-17-10-8-16(12-21)9-11-17/h4-11,14-15H,13H2,1-3H3,(H,22,23). The van der Waals surface area contributed by atoms with Crippen LogP contribution in [0.15, 0.2) is 53.4 Å². The zero-order valence-electron chi connectivity index (χ0n) is 14.2. The molecule has 0 aliphatic carbocycles. The molecule has 2 aromatic carbocycles. The minimum Gasteiger partial charge on any atom is -0.349 e. The van der Waals surface area contributed by atoms with Crippen molar-refractivity contribution in [2.24, 2.45) is 5.92 Å². The van der Waals surface area contributed by atoms with E-state index in [1.54, 1.807) is 11.8 Å². The molecule has 1 unspecified atom stereocenters. The Bertz CT molecular complexity index is 732. The largest absolute Gasteiger partial charge is 0.349 e. The van der Waals surface area contributed by atoms with E-state index in [0.29, 0.717) is 17.0 Å². The van der Waals surface area contributed by atoms with Crippen LogP contribution in [0.4, 0.5) is 0 Å². The summed E-state index contributed by atoms with van der Waals surface area (Å²) in [6.07, 6.45) is 0. The molecule has 0 aliphatic heterocycles. The van der Waals surface area contributed by atoms with Crippen molar-refractivity contribution in [3.05, 3.63) is 65.2 Å². The fourth-order valence-corrected chi connectivity index (χ4v) is 3.07. The highest BCUT2D eigenvalue weighted by molar-refractivity contribution is 7.98. The summed E-state index contributed by atoms with van der Waals surface area (Å²) in [5.74, 6) is 1.13. The molecule has 0 fully saturated rings. The molecule has 1 amide bonds. The van der Waals surface area contributed by atoms with E-state index in [4.69, 9.17) is 5.26 Å². The summed E-state index contributed by atoms with van der Waals surface area (Å²) in [6, 6.07) is 17.5. The summed E-state index contributed by atoms with van der Waals surface area (Å²) in [6.45, 7) is 6.21. The van der Waals surface area contributed by atoms with Gasteiger partial charge in [-0.15, -0.1) is 11.8 Å². The van der Waals surface area contributed by atoms with E-state index < -0.39 is 0 Å². The molecule has 0 heterocycles. The predicted octanol–water partition coefficient (Wildman–Crippen LogP) is 4.62. The van der Waals surface area contributed by atoms with Gasteiger partial charge in [-0.1, -0.05) is 38.1 Å². The lowest BCUT2D eigenvalue weighted by Gasteiger charge is -2.18. The van der Waals surface area contributed by atoms with Gasteiger partial charge in [-0.2, -0.15) is 5.26 Å². The topological polar surface area (TPSA) is 52.9 Å². The maximum absolute atomic E-state index is 12.5. The van der Waals surface area contributed by atoms with E-state index in [2.05, 4.69) is 25.2 Å². The van der Waals surface area contributed by atoms with Gasteiger partial charge in [0.05, 0.1) is 17.2 Å². The first-order chi connectivity index (χ1) is 11.5. The first-order valence-corrected chi connectivity index (χ1v) is 9.01. The van der Waals surface area contributed by atoms with Crippen molar-refractivity contribution in [3.63, 3.8) is 0 Å². The zero-order valence-corrected chi connectivity index (χ0v) is 15.1. The Morgan fingerprint density at radius 1 is 1.12 bits per heavy atom. The number of rotatable bonds is 6. The molecule has 1 atom stereocenters. The number of carbonyl (C=O) groups excluding carboxylic acids is 1. The molecule has 124 valence electrons. The summed E-state index contributed by atoms with van der Waals surface area (Å²) in [7, 11) is 0. The molecule has 0 radical (unpaired) electrons. The lowest BCUT2D eigenvalue weighted by Crippen LogP contribution is -2.36. The van der Waals surface area contributed by atoms with Gasteiger partial charge in [-0.3, -0.25) is 4.79 Å². The van der Waals surface area contributed by atoms with Crippen LogP contribution in [-0.4, -0.2) is 11.9 Å². The molecule has 0 aromatic heterocycles. The number of nitrogens with zero attached hydrogens (tertiary/aromatic N) is 1. The van der Waals surface area contributed by atoms with E-state index in [-0.39, 0.29) is 11.9 Å². The van der Waals surface area contributed by atoms with Crippen LogP contribution < -0.4 is 5.32 Å². The normalized spacial score (nSPS) is 11.8. The Morgan fingerprint density at radius 2 is 1.79 bits per heavy atom. The highest BCUT2D eigenvalue weighted by Crippen LogP contribution is 2.26. The molecule has 3 nitrogen and oxygen atoms in total. The fraction of sp³-hybridized carbons (Fsp3) is 0.300. The SMILES string of the molecule is CC(C)C(C)NC(=O)c1ccccc1SCc1ccc(C#N)cc1. The van der Waals surface area contributed by atoms with Crippen molar-refractivity contribution in [1.82, 2.24) is 5.32 Å². The van der Waals surface area contributed by atoms with Crippen LogP contribution in [0.5, 0.6) is 0 Å². The number of nitrogens with one attached hydrogen (secondary N) is 1. The number of amides is 1. The zero-order chi connectivity index (χ0) is 17.5. The summed E-state index contributed by atoms with van der Waals surface area (Å²) >= 11 is 1.63. The van der Waals surface area contributed by atoms with Crippen molar-refractivity contribution in [1.29, 1.82) is 5.26 Å². The van der Waals surface area contributed by atoms with Gasteiger partial charge < -0.3 is 5.32 Å². The molecule has 24 heavy (non-hydrogen) atoms. The summed E-state index contributed by atoms with van der Waals surface area (Å²) in [5.41, 5.74) is 2.50. The third-order valence-electron chi connectivity index (χ3n) is 3.97. The second kappa shape index (κ2) is 8.56. The van der Waals surface area contributed by atoms with Crippen molar-refractivity contribution < 1.29 is 4.79 Å². The van der Waals surface area contributed by atoms with Gasteiger partial charge in [0.15, 0.2) is 0 Å². The van der Waals surface area contributed by atoms with Crippen LogP contribution >= 0.6 is 11.8 Å². The number of hydrogen-bond donors (Lipinski definition) is 1. The van der Waals surface area contributed by atoms with Crippen LogP contribution in [0.1, 0.15) is 42.3 Å². The first-order valence-electron chi connectivity index (χ1n) is 8.03. The molecular formula is C20H22N2OS. The smallest absolute Gasteiger partial charge is 0.252 e. The van der Waals surface area contributed by atoms with Gasteiger partial charge in [-0.25, -0.2) is 0 Å². The van der Waals surface area contributed by atoms with E-state index in [9.17, 15) is 4.79 Å². The molecule has 0 saturated heterocycles. The Balaban J connectivity index is 2.08. The minimum atomic E-state index is -0.0286. The van der Waals surface area contributed by atoms with Gasteiger partial charge >= 0.3 is 0 Å². The maximum Gasteiger partial charge on any atom is 0.252 e. The lowest BCUT2D eigenvalue weighted by molar-refractivity contribution is 0.0927. The van der Waals surface area contributed by atoms with Gasteiger partial charge in [-0.05, 0) is 42.7 Å². The first kappa shape index (κ1) is 18.1. The summed E-state index contributed by atoms with van der Waals surface area (Å²) in [4.78, 5) is 13.5. The van der Waals surface area contributed by atoms with Crippen molar-refractivity contribution in [2.45, 2.75) is 37.5 Å². The van der Waals surface area contributed by atoms with Crippen molar-refractivity contribution in [3.8, 4) is 6.07 Å². The fourth-order valence-electron chi connectivity index (χ4n) is 2.07. The van der Waals surface area contributed by atoms with Gasteiger partial charge in [0.1, 0.15) is 0 Å². The molecule has 0 spiro atoms. The Morgan fingerprint density at radius 3 is 2.42 bits per heavy atom. The maximum atomic E-state index is 12.5. The number of thioether (sulfide) groups is 1. The van der Waals surface area contributed by atoms with Crippen LogP contribution in [-0.2, 0) is 5.75 Å².